The van der Waals surface area contributed by atoms with Crippen molar-refractivity contribution in [2.75, 3.05) is 0 Å². The molecule has 0 unspecified atom stereocenters. The summed E-state index contributed by atoms with van der Waals surface area (Å²) in [6.45, 7) is 10.7. The van der Waals surface area contributed by atoms with E-state index in [2.05, 4.69) is 12.6 Å². The van der Waals surface area contributed by atoms with E-state index in [1.807, 2.05) is 42.5 Å². The van der Waals surface area contributed by atoms with Crippen LogP contribution >= 0.6 is 12.6 Å². The Hall–Kier alpha value is -3.75. The van der Waals surface area contributed by atoms with Crippen LogP contribution < -0.4 is 9.47 Å². The Kier molecular flexibility index (Phi) is 11.3. The van der Waals surface area contributed by atoms with Crippen LogP contribution in [0.3, 0.4) is 0 Å². The van der Waals surface area contributed by atoms with E-state index in [4.69, 9.17) is 31.9 Å². The fourth-order valence-corrected chi connectivity index (χ4v) is 3.55. The first-order chi connectivity index (χ1) is 19.6. The van der Waals surface area contributed by atoms with Crippen LogP contribution in [0.15, 0.2) is 71.6 Å². The Morgan fingerprint density at radius 3 is 1.42 bits per heavy atom. The van der Waals surface area contributed by atoms with Gasteiger partial charge in [-0.05, 0) is 88.6 Å². The largest absolute Gasteiger partial charge is 0.522 e. The van der Waals surface area contributed by atoms with Gasteiger partial charge in [0, 0.05) is 10.5 Å². The molecule has 0 bridgehead atoms. The lowest BCUT2D eigenvalue weighted by molar-refractivity contribution is -0.0510. The molecule has 3 aromatic carbocycles. The minimum atomic E-state index is -5.84. The molecular weight excluding hydrogens is 613 g/mol. The number of alkyl halides is 3. The first kappa shape index (κ1) is 35.4. The molecule has 1 N–H and O–H groups in total. The van der Waals surface area contributed by atoms with Crippen molar-refractivity contribution in [3.05, 3.63) is 66.7 Å². The normalized spacial score (nSPS) is 12.0. The summed E-state index contributed by atoms with van der Waals surface area (Å²) in [6, 6.07) is 20.1. The molecule has 43 heavy (non-hydrogen) atoms. The molecular formula is C29H31F3O9S2. The average molecular weight is 645 g/mol. The molecule has 0 aliphatic rings. The maximum absolute atomic E-state index is 11.9. The lowest BCUT2D eigenvalue weighted by Gasteiger charge is -2.19. The lowest BCUT2D eigenvalue weighted by Crippen LogP contribution is -2.25. The van der Waals surface area contributed by atoms with Gasteiger partial charge < -0.3 is 18.9 Å². The second kappa shape index (κ2) is 13.7. The van der Waals surface area contributed by atoms with Crippen molar-refractivity contribution in [3.63, 3.8) is 0 Å². The Morgan fingerprint density at radius 1 is 0.698 bits per heavy atom. The van der Waals surface area contributed by atoms with E-state index >= 15 is 0 Å². The second-order valence-corrected chi connectivity index (χ2v) is 12.7. The summed E-state index contributed by atoms with van der Waals surface area (Å²) in [6.07, 6.45) is -1.51. The van der Waals surface area contributed by atoms with Gasteiger partial charge in [-0.25, -0.2) is 9.59 Å². The van der Waals surface area contributed by atoms with Gasteiger partial charge >= 0.3 is 27.9 Å². The topological polar surface area (TPSA) is 125 Å². The van der Waals surface area contributed by atoms with E-state index in [0.29, 0.717) is 11.5 Å². The van der Waals surface area contributed by atoms with E-state index in [0.717, 1.165) is 27.1 Å². The molecule has 0 atom stereocenters. The molecule has 0 heterocycles. The van der Waals surface area contributed by atoms with E-state index < -0.39 is 39.1 Å². The monoisotopic (exact) mass is 644 g/mol. The standard InChI is InChI=1S/C28H30O6S.CHF3O3S/c1-27(2,3)33-25(29)31-20-14-10-18(11-15-20)22-8-7-9-23(35)24(22)19-12-16-21(17-13-19)32-26(30)34-28(4,5)6;2-1(3,4)8(5,6)7/h7-17,35H,1-6H3;(H,5,6,7). The number of carbonyl (C=O) groups is 2. The summed E-state index contributed by atoms with van der Waals surface area (Å²) in [5, 5.41) is 0. The van der Waals surface area contributed by atoms with Gasteiger partial charge in [-0.1, -0.05) is 36.4 Å². The molecule has 0 fully saturated rings. The molecule has 0 aromatic heterocycles. The number of hydrogen-bond donors (Lipinski definition) is 2. The zero-order chi connectivity index (χ0) is 32.8. The maximum atomic E-state index is 11.9. The van der Waals surface area contributed by atoms with E-state index in [9.17, 15) is 22.8 Å². The molecule has 0 aliphatic heterocycles. The van der Waals surface area contributed by atoms with Crippen LogP contribution in [0.2, 0.25) is 0 Å². The van der Waals surface area contributed by atoms with Gasteiger partial charge in [0.1, 0.15) is 22.7 Å². The first-order valence-corrected chi connectivity index (χ1v) is 14.3. The zero-order valence-electron chi connectivity index (χ0n) is 24.1. The minimum Gasteiger partial charge on any atom is -0.428 e. The molecule has 3 rings (SSSR count). The SMILES string of the molecule is CC(C)(C)OC(=O)Oc1ccc(-c2cccc(S)c2-c2ccc(OC(=O)OC(C)(C)C)cc2)cc1.O=S(=O)(O)C(F)(F)F. The predicted octanol–water partition coefficient (Wildman–Crippen LogP) is 8.33. The highest BCUT2D eigenvalue weighted by molar-refractivity contribution is 7.86. The van der Waals surface area contributed by atoms with Crippen LogP contribution in [0.25, 0.3) is 22.3 Å². The highest BCUT2D eigenvalue weighted by Crippen LogP contribution is 2.38. The zero-order valence-corrected chi connectivity index (χ0v) is 25.8. The van der Waals surface area contributed by atoms with Gasteiger partial charge in [0.25, 0.3) is 0 Å². The van der Waals surface area contributed by atoms with Crippen LogP contribution in [0.1, 0.15) is 41.5 Å². The van der Waals surface area contributed by atoms with Crippen LogP contribution in [-0.4, -0.2) is 42.0 Å². The summed E-state index contributed by atoms with van der Waals surface area (Å²) in [4.78, 5) is 24.7. The fourth-order valence-electron chi connectivity index (χ4n) is 3.21. The molecule has 9 nitrogen and oxygen atoms in total. The number of halogens is 3. The maximum Gasteiger partial charge on any atom is 0.522 e. The molecule has 234 valence electrons. The van der Waals surface area contributed by atoms with Gasteiger partial charge in [0.15, 0.2) is 0 Å². The molecule has 14 heteroatoms. The smallest absolute Gasteiger partial charge is 0.428 e. The average Bonchev–Trinajstić information content (AvgIpc) is 2.82. The second-order valence-electron chi connectivity index (χ2n) is 10.8. The molecule has 0 saturated carbocycles. The Bertz CT molecular complexity index is 1520. The molecule has 0 radical (unpaired) electrons. The van der Waals surface area contributed by atoms with Crippen LogP contribution in [0.4, 0.5) is 22.8 Å². The van der Waals surface area contributed by atoms with Crippen molar-refractivity contribution in [2.24, 2.45) is 0 Å². The summed E-state index contributed by atoms with van der Waals surface area (Å²) in [5.41, 5.74) is -3.12. The first-order valence-electron chi connectivity index (χ1n) is 12.4. The van der Waals surface area contributed by atoms with Gasteiger partial charge in [0.2, 0.25) is 0 Å². The highest BCUT2D eigenvalue weighted by atomic mass is 32.2. The lowest BCUT2D eigenvalue weighted by atomic mass is 9.94. The number of carbonyl (C=O) groups excluding carboxylic acids is 2. The van der Waals surface area contributed by atoms with Crippen molar-refractivity contribution in [3.8, 4) is 33.8 Å². The number of thiol groups is 1. The van der Waals surface area contributed by atoms with Crippen molar-refractivity contribution in [1.82, 2.24) is 0 Å². The minimum absolute atomic E-state index is 0.379. The fraction of sp³-hybridized carbons (Fsp3) is 0.310. The van der Waals surface area contributed by atoms with Gasteiger partial charge in [-0.2, -0.15) is 21.6 Å². The van der Waals surface area contributed by atoms with Crippen molar-refractivity contribution < 1.29 is 54.7 Å². The van der Waals surface area contributed by atoms with Crippen molar-refractivity contribution >= 4 is 35.1 Å². The quantitative estimate of drug-likeness (QED) is 0.0948. The van der Waals surface area contributed by atoms with E-state index in [-0.39, 0.29) is 0 Å². The third kappa shape index (κ3) is 11.8. The summed E-state index contributed by atoms with van der Waals surface area (Å²) in [7, 11) is -5.84. The highest BCUT2D eigenvalue weighted by Gasteiger charge is 2.44. The molecule has 0 saturated heterocycles. The molecule has 0 spiro atoms. The van der Waals surface area contributed by atoms with Crippen LogP contribution in [0, 0.1) is 0 Å². The molecule has 0 amide bonds. The number of benzene rings is 3. The molecule has 3 aromatic rings. The third-order valence-electron chi connectivity index (χ3n) is 4.82. The van der Waals surface area contributed by atoms with E-state index in [1.54, 1.807) is 65.8 Å². The Morgan fingerprint density at radius 2 is 1.07 bits per heavy atom. The van der Waals surface area contributed by atoms with E-state index in [1.165, 1.54) is 0 Å². The Labute approximate surface area is 253 Å². The third-order valence-corrected chi connectivity index (χ3v) is 5.78. The number of rotatable bonds is 4. The molecule has 0 aliphatic carbocycles. The van der Waals surface area contributed by atoms with Gasteiger partial charge in [-0.3, -0.25) is 4.55 Å². The summed E-state index contributed by atoms with van der Waals surface area (Å²) >= 11 is 4.67. The predicted molar refractivity (Wildman–Crippen MR) is 156 cm³/mol. The number of hydrogen-bond acceptors (Lipinski definition) is 9. The summed E-state index contributed by atoms with van der Waals surface area (Å²) < 4.78 is 78.5. The van der Waals surface area contributed by atoms with Crippen molar-refractivity contribution in [1.29, 1.82) is 0 Å². The Balaban J connectivity index is 0.000000708. The van der Waals surface area contributed by atoms with Crippen molar-refractivity contribution in [2.45, 2.75) is 63.1 Å². The van der Waals surface area contributed by atoms with Crippen LogP contribution in [-0.2, 0) is 19.6 Å². The van der Waals surface area contributed by atoms with Gasteiger partial charge in [0.05, 0.1) is 0 Å². The van der Waals surface area contributed by atoms with Crippen LogP contribution in [0.5, 0.6) is 11.5 Å². The van der Waals surface area contributed by atoms with Gasteiger partial charge in [-0.15, -0.1) is 12.6 Å². The number of ether oxygens (including phenoxy) is 4. The summed E-state index contributed by atoms with van der Waals surface area (Å²) in [5.74, 6) is 0.764.